The van der Waals surface area contributed by atoms with Gasteiger partial charge in [0.05, 0.1) is 38.6 Å². The Balaban J connectivity index is 1.56. The van der Waals surface area contributed by atoms with Gasteiger partial charge in [0.15, 0.2) is 18.9 Å². The topological polar surface area (TPSA) is 307 Å². The Morgan fingerprint density at radius 3 is 1.39 bits per heavy atom. The van der Waals surface area contributed by atoms with Gasteiger partial charge in [0, 0.05) is 6.42 Å². The van der Waals surface area contributed by atoms with E-state index >= 15 is 0 Å². The number of aliphatic hydroxyl groups excluding tert-OH is 11. The van der Waals surface area contributed by atoms with Crippen molar-refractivity contribution in [3.05, 3.63) is 109 Å². The fourth-order valence-corrected chi connectivity index (χ4v) is 9.01. The third-order valence-electron chi connectivity index (χ3n) is 13.8. The van der Waals surface area contributed by atoms with Gasteiger partial charge in [-0.3, -0.25) is 4.79 Å². The van der Waals surface area contributed by atoms with Crippen LogP contribution in [-0.4, -0.2) is 193 Å². The van der Waals surface area contributed by atoms with Crippen LogP contribution in [0.15, 0.2) is 109 Å². The van der Waals surface area contributed by atoms with Crippen molar-refractivity contribution >= 4 is 5.91 Å². The molecule has 0 aromatic heterocycles. The Bertz CT molecular complexity index is 1880. The number of amides is 1. The highest BCUT2D eigenvalue weighted by atomic mass is 16.8. The van der Waals surface area contributed by atoms with E-state index in [1.165, 1.54) is 38.5 Å². The van der Waals surface area contributed by atoms with Gasteiger partial charge in [-0.2, -0.15) is 0 Å². The molecule has 0 aromatic rings. The largest absolute Gasteiger partial charge is 0.394 e. The average molecular weight is 1130 g/mol. The number of ether oxygens (including phenoxy) is 6. The zero-order chi connectivity index (χ0) is 58.3. The van der Waals surface area contributed by atoms with Gasteiger partial charge in [0.1, 0.15) is 73.2 Å². The first-order valence-corrected chi connectivity index (χ1v) is 29.1. The second-order valence-corrected chi connectivity index (χ2v) is 20.3. The van der Waals surface area contributed by atoms with Gasteiger partial charge < -0.3 is 89.9 Å². The zero-order valence-electron chi connectivity index (χ0n) is 47.2. The monoisotopic (exact) mass is 1130 g/mol. The lowest BCUT2D eigenvalue weighted by Crippen LogP contribution is -2.66. The lowest BCUT2D eigenvalue weighted by Gasteiger charge is -2.48. The molecule has 0 radical (unpaired) electrons. The predicted octanol–water partition coefficient (Wildman–Crippen LogP) is 4.75. The summed E-state index contributed by atoms with van der Waals surface area (Å²) >= 11 is 0. The molecule has 3 aliphatic heterocycles. The van der Waals surface area contributed by atoms with Crippen molar-refractivity contribution in [2.45, 2.75) is 240 Å². The second-order valence-electron chi connectivity index (χ2n) is 20.3. The van der Waals surface area contributed by atoms with E-state index in [9.17, 15) is 61.0 Å². The van der Waals surface area contributed by atoms with Crippen molar-refractivity contribution in [1.82, 2.24) is 5.32 Å². The number of aliphatic hydroxyl groups is 11. The van der Waals surface area contributed by atoms with Gasteiger partial charge in [-0.1, -0.05) is 155 Å². The molecule has 0 saturated carbocycles. The number of hydrogen-bond acceptors (Lipinski definition) is 18. The van der Waals surface area contributed by atoms with Gasteiger partial charge in [-0.15, -0.1) is 0 Å². The van der Waals surface area contributed by atoms with Crippen LogP contribution in [0.25, 0.3) is 0 Å². The van der Waals surface area contributed by atoms with Gasteiger partial charge >= 0.3 is 0 Å². The molecule has 17 atom stereocenters. The summed E-state index contributed by atoms with van der Waals surface area (Å²) in [6.07, 6.45) is 28.0. The molecule has 1 amide bonds. The third-order valence-corrected chi connectivity index (χ3v) is 13.8. The number of rotatable bonds is 40. The maximum absolute atomic E-state index is 13.3. The molecular weight excluding hydrogens is 1030 g/mol. The van der Waals surface area contributed by atoms with Crippen LogP contribution in [0.5, 0.6) is 0 Å². The van der Waals surface area contributed by atoms with Crippen LogP contribution >= 0.6 is 0 Å². The second kappa shape index (κ2) is 43.1. The van der Waals surface area contributed by atoms with E-state index in [-0.39, 0.29) is 12.3 Å². The molecule has 3 rings (SSSR count). The van der Waals surface area contributed by atoms with Gasteiger partial charge in [0.2, 0.25) is 5.91 Å². The first-order chi connectivity index (χ1) is 38.8. The SMILES string of the molecule is CC/C=C\C/C=C\C/C=C\C/C=C\C/C=C\C/C=C\CCC(=O)NC(COC1OC(CO)C(OC2OC(CO)C(OC3OC(CO)C(O)C(O)C3O)C(O)C2O)C(O)C1O)C(O)/C=C/CC/C=C/CC/C=C/CCCCCCCC. The highest BCUT2D eigenvalue weighted by Crippen LogP contribution is 2.33. The van der Waals surface area contributed by atoms with E-state index < -0.39 is 131 Å². The van der Waals surface area contributed by atoms with Crippen LogP contribution in [0.3, 0.4) is 0 Å². The van der Waals surface area contributed by atoms with Crippen LogP contribution in [0.2, 0.25) is 0 Å². The van der Waals surface area contributed by atoms with Crippen LogP contribution in [-0.2, 0) is 33.2 Å². The summed E-state index contributed by atoms with van der Waals surface area (Å²) in [5.74, 6) is -0.378. The number of unbranched alkanes of at least 4 members (excludes halogenated alkanes) is 8. The molecule has 12 N–H and O–H groups in total. The molecule has 80 heavy (non-hydrogen) atoms. The van der Waals surface area contributed by atoms with Gasteiger partial charge in [0.25, 0.3) is 0 Å². The van der Waals surface area contributed by atoms with Crippen LogP contribution < -0.4 is 5.32 Å². The molecule has 0 spiro atoms. The molecule has 19 nitrogen and oxygen atoms in total. The standard InChI is InChI=1S/C61H99NO18/c1-3-5-7-9-11-13-15-17-19-21-22-23-25-27-29-31-33-35-37-39-49(67)62-44(45(66)38-36-34-32-30-28-26-24-20-18-16-14-12-10-8-6-4-2)43-75-59-55(73)52(70)57(47(41-64)77-59)80-61-56(74)53(71)58(48(42-65)78-61)79-60-54(72)51(69)50(68)46(40-63)76-60/h5,7,11,13,17-20,22-23,27-30,33,35-36,38,44-48,50-61,63-66,68-74H,3-4,6,8-10,12,14-16,21,24-26,31-32,34,37,39-43H2,1-2H3,(H,62,67)/b7-5-,13-11-,19-17-,20-18+,23-22-,29-27-,30-28+,35-33-,38-36+. The van der Waals surface area contributed by atoms with Crippen molar-refractivity contribution in [3.8, 4) is 0 Å². The predicted molar refractivity (Wildman–Crippen MR) is 304 cm³/mol. The number of hydrogen-bond donors (Lipinski definition) is 12. The van der Waals surface area contributed by atoms with Crippen molar-refractivity contribution in [2.24, 2.45) is 0 Å². The van der Waals surface area contributed by atoms with Gasteiger partial charge in [-0.25, -0.2) is 0 Å². The van der Waals surface area contributed by atoms with Crippen molar-refractivity contribution in [1.29, 1.82) is 0 Å². The number of carbonyl (C=O) groups is 1. The normalized spacial score (nSPS) is 30.8. The summed E-state index contributed by atoms with van der Waals surface area (Å²) in [5.41, 5.74) is 0. The maximum atomic E-state index is 13.3. The highest BCUT2D eigenvalue weighted by Gasteiger charge is 2.53. The summed E-state index contributed by atoms with van der Waals surface area (Å²) in [5, 5.41) is 120. The maximum Gasteiger partial charge on any atom is 0.220 e. The van der Waals surface area contributed by atoms with E-state index in [0.717, 1.165) is 57.8 Å². The molecule has 3 aliphatic rings. The Kier molecular flexibility index (Phi) is 38.1. The van der Waals surface area contributed by atoms with E-state index in [1.54, 1.807) is 12.2 Å². The number of nitrogens with one attached hydrogen (secondary N) is 1. The molecule has 17 unspecified atom stereocenters. The van der Waals surface area contributed by atoms with Crippen LogP contribution in [0.1, 0.15) is 136 Å². The first-order valence-electron chi connectivity index (χ1n) is 29.1. The molecule has 456 valence electrons. The van der Waals surface area contributed by atoms with Crippen molar-refractivity contribution in [3.63, 3.8) is 0 Å². The average Bonchev–Trinajstić information content (AvgIpc) is 3.50. The molecule has 3 heterocycles. The molecule has 3 fully saturated rings. The Labute approximate surface area is 475 Å². The lowest BCUT2D eigenvalue weighted by molar-refractivity contribution is -0.379. The van der Waals surface area contributed by atoms with E-state index in [1.807, 2.05) is 12.2 Å². The molecular formula is C61H99NO18. The Hall–Kier alpha value is -3.55. The minimum absolute atomic E-state index is 0.0998. The van der Waals surface area contributed by atoms with E-state index in [0.29, 0.717) is 19.3 Å². The van der Waals surface area contributed by atoms with E-state index in [2.05, 4.69) is 104 Å². The fraction of sp³-hybridized carbons (Fsp3) is 0.689. The smallest absolute Gasteiger partial charge is 0.220 e. The van der Waals surface area contributed by atoms with Crippen LogP contribution in [0.4, 0.5) is 0 Å². The quantitative estimate of drug-likeness (QED) is 0.0291. The summed E-state index contributed by atoms with van der Waals surface area (Å²) in [4.78, 5) is 13.3. The third kappa shape index (κ3) is 26.8. The highest BCUT2D eigenvalue weighted by molar-refractivity contribution is 5.76. The fourth-order valence-electron chi connectivity index (χ4n) is 9.01. The molecule has 3 saturated heterocycles. The minimum atomic E-state index is -1.99. The minimum Gasteiger partial charge on any atom is -0.394 e. The Morgan fingerprint density at radius 2 is 0.875 bits per heavy atom. The Morgan fingerprint density at radius 1 is 0.463 bits per heavy atom. The number of allylic oxidation sites excluding steroid dienone is 17. The summed E-state index contributed by atoms with van der Waals surface area (Å²) in [7, 11) is 0. The zero-order valence-corrected chi connectivity index (χ0v) is 47.2. The first kappa shape index (κ1) is 70.7. The summed E-state index contributed by atoms with van der Waals surface area (Å²) in [6.45, 7) is 1.47. The van der Waals surface area contributed by atoms with Gasteiger partial charge in [-0.05, 0) is 83.5 Å². The molecule has 0 aromatic carbocycles. The van der Waals surface area contributed by atoms with Crippen molar-refractivity contribution in [2.75, 3.05) is 26.4 Å². The van der Waals surface area contributed by atoms with Crippen LogP contribution in [0, 0.1) is 0 Å². The van der Waals surface area contributed by atoms with E-state index in [4.69, 9.17) is 28.4 Å². The molecule has 0 aliphatic carbocycles. The lowest BCUT2D eigenvalue weighted by atomic mass is 9.96. The number of carbonyl (C=O) groups excluding carboxylic acids is 1. The molecule has 0 bridgehead atoms. The van der Waals surface area contributed by atoms with Crippen molar-refractivity contribution < 1.29 is 89.4 Å². The molecule has 19 heteroatoms. The summed E-state index contributed by atoms with van der Waals surface area (Å²) in [6, 6.07) is -1.04. The summed E-state index contributed by atoms with van der Waals surface area (Å²) < 4.78 is 34.1.